The third-order valence-corrected chi connectivity index (χ3v) is 13.8. The van der Waals surface area contributed by atoms with Crippen molar-refractivity contribution < 1.29 is 47.6 Å². The molecule has 68 heavy (non-hydrogen) atoms. The van der Waals surface area contributed by atoms with Crippen LogP contribution in [-0.2, 0) is 47.6 Å². The molecule has 0 bridgehead atoms. The van der Waals surface area contributed by atoms with Crippen LogP contribution in [0.15, 0.2) is 0 Å². The van der Waals surface area contributed by atoms with Gasteiger partial charge in [0.05, 0.1) is 31.5 Å². The summed E-state index contributed by atoms with van der Waals surface area (Å²) in [5, 5.41) is 0. The van der Waals surface area contributed by atoms with Gasteiger partial charge in [-0.1, -0.05) is 163 Å². The fourth-order valence-corrected chi connectivity index (χ4v) is 9.37. The number of carbonyl (C=O) groups excluding carboxylic acids is 4. The van der Waals surface area contributed by atoms with Crippen LogP contribution in [0, 0.1) is 5.92 Å². The number of amides is 1. The molecule has 0 N–H and O–H groups in total. The first-order chi connectivity index (χ1) is 33.3. The molecular weight excluding hydrogens is 861 g/mol. The Bertz CT molecular complexity index is 1210. The molecule has 0 aromatic rings. The number of unbranched alkanes of at least 4 members (excludes halogenated alkanes) is 21. The van der Waals surface area contributed by atoms with Crippen molar-refractivity contribution in [1.82, 2.24) is 9.80 Å². The number of nitrogens with zero attached hydrogens (tertiary/aromatic N) is 2. The maximum absolute atomic E-state index is 13.6. The standard InChI is InChI=1S/C56H104N2O10/c1-5-9-13-17-20-26-34-49(33-25-16-12-8-4)55(61)67-44-32-24-23-29-41-63-50-47-51(56(62)68-46-40-57-38-27-28-39-57)58(48-50)52(59)37-45-64-53(60)35-36-54(65-42-30-21-18-14-10-6-2)66-43-31-22-19-15-11-7-3/h49-51,54H,5-48H2,1-4H3. The summed E-state index contributed by atoms with van der Waals surface area (Å²) in [6.07, 6.45) is 34.1. The van der Waals surface area contributed by atoms with Crippen LogP contribution in [-0.4, -0.2) is 118 Å². The van der Waals surface area contributed by atoms with E-state index in [4.69, 9.17) is 28.4 Å². The molecule has 2 aliphatic rings. The highest BCUT2D eigenvalue weighted by atomic mass is 16.7. The van der Waals surface area contributed by atoms with Crippen molar-refractivity contribution in [2.75, 3.05) is 65.8 Å². The minimum Gasteiger partial charge on any atom is -0.465 e. The molecule has 0 radical (unpaired) electrons. The maximum Gasteiger partial charge on any atom is 0.329 e. The van der Waals surface area contributed by atoms with Gasteiger partial charge < -0.3 is 33.3 Å². The highest BCUT2D eigenvalue weighted by molar-refractivity contribution is 5.85. The van der Waals surface area contributed by atoms with E-state index < -0.39 is 24.3 Å². The lowest BCUT2D eigenvalue weighted by molar-refractivity contribution is -0.160. The lowest BCUT2D eigenvalue weighted by Gasteiger charge is -2.23. The second-order valence-corrected chi connectivity index (χ2v) is 19.9. The average Bonchev–Trinajstić information content (AvgIpc) is 4.03. The SMILES string of the molecule is CCCCCCCCOC(CCC(=O)OCCC(=O)N1CC(OCCCCCCOC(=O)C(CCCCCC)CCCCCCCC)CC1C(=O)OCCN1CCCC1)OCCCCCCCC. The Labute approximate surface area is 416 Å². The van der Waals surface area contributed by atoms with Crippen LogP contribution in [0.25, 0.3) is 0 Å². The summed E-state index contributed by atoms with van der Waals surface area (Å²) in [6.45, 7) is 14.3. The van der Waals surface area contributed by atoms with E-state index in [1.165, 1.54) is 103 Å². The van der Waals surface area contributed by atoms with E-state index >= 15 is 0 Å². The van der Waals surface area contributed by atoms with E-state index in [9.17, 15) is 19.2 Å². The Hall–Kier alpha value is -2.28. The van der Waals surface area contributed by atoms with E-state index in [1.807, 2.05) is 0 Å². The van der Waals surface area contributed by atoms with E-state index in [-0.39, 0.29) is 43.3 Å². The molecule has 0 spiro atoms. The Kier molecular flexibility index (Phi) is 39.6. The number of likely N-dealkylation sites (tertiary alicyclic amines) is 2. The van der Waals surface area contributed by atoms with Gasteiger partial charge in [0.1, 0.15) is 19.3 Å². The fourth-order valence-electron chi connectivity index (χ4n) is 9.37. The van der Waals surface area contributed by atoms with Gasteiger partial charge >= 0.3 is 17.9 Å². The molecule has 12 nitrogen and oxygen atoms in total. The van der Waals surface area contributed by atoms with E-state index in [1.54, 1.807) is 4.90 Å². The minimum atomic E-state index is -0.735. The molecule has 0 saturated carbocycles. The van der Waals surface area contributed by atoms with Crippen molar-refractivity contribution in [2.45, 2.75) is 264 Å². The fraction of sp³-hybridized carbons (Fsp3) is 0.929. The molecule has 1 amide bonds. The lowest BCUT2D eigenvalue weighted by atomic mass is 9.94. The Morgan fingerprint density at radius 3 is 1.57 bits per heavy atom. The van der Waals surface area contributed by atoms with Gasteiger partial charge in [-0.05, 0) is 70.9 Å². The van der Waals surface area contributed by atoms with Crippen molar-refractivity contribution in [3.05, 3.63) is 0 Å². The number of ether oxygens (including phenoxy) is 6. The van der Waals surface area contributed by atoms with E-state index in [2.05, 4.69) is 32.6 Å². The molecule has 2 heterocycles. The van der Waals surface area contributed by atoms with Crippen LogP contribution in [0.3, 0.4) is 0 Å². The zero-order chi connectivity index (χ0) is 49.1. The van der Waals surface area contributed by atoms with Crippen molar-refractivity contribution in [2.24, 2.45) is 5.92 Å². The molecule has 0 aromatic carbocycles. The van der Waals surface area contributed by atoms with Crippen molar-refractivity contribution in [3.8, 4) is 0 Å². The average molecular weight is 965 g/mol. The predicted octanol–water partition coefficient (Wildman–Crippen LogP) is 12.8. The largest absolute Gasteiger partial charge is 0.465 e. The summed E-state index contributed by atoms with van der Waals surface area (Å²) in [4.78, 5) is 56.9. The molecule has 0 aliphatic carbocycles. The number of hydrogen-bond acceptors (Lipinski definition) is 11. The molecule has 2 saturated heterocycles. The van der Waals surface area contributed by atoms with Gasteiger partial charge in [-0.3, -0.25) is 19.3 Å². The summed E-state index contributed by atoms with van der Waals surface area (Å²) in [5.41, 5.74) is 0. The molecule has 3 atom stereocenters. The summed E-state index contributed by atoms with van der Waals surface area (Å²) >= 11 is 0. The van der Waals surface area contributed by atoms with Crippen LogP contribution >= 0.6 is 0 Å². The van der Waals surface area contributed by atoms with E-state index in [0.717, 1.165) is 103 Å². The van der Waals surface area contributed by atoms with Crippen molar-refractivity contribution >= 4 is 23.8 Å². The van der Waals surface area contributed by atoms with Crippen LogP contribution in [0.1, 0.15) is 246 Å². The zero-order valence-electron chi connectivity index (χ0n) is 44.4. The summed E-state index contributed by atoms with van der Waals surface area (Å²) in [6, 6.07) is -0.735. The highest BCUT2D eigenvalue weighted by Gasteiger charge is 2.41. The monoisotopic (exact) mass is 965 g/mol. The number of carbonyl (C=O) groups is 4. The molecule has 2 rings (SSSR count). The highest BCUT2D eigenvalue weighted by Crippen LogP contribution is 2.25. The van der Waals surface area contributed by atoms with Gasteiger partial charge in [0.2, 0.25) is 5.91 Å². The van der Waals surface area contributed by atoms with Gasteiger partial charge in [-0.2, -0.15) is 0 Å². The van der Waals surface area contributed by atoms with Gasteiger partial charge in [0, 0.05) is 45.8 Å². The van der Waals surface area contributed by atoms with E-state index in [0.29, 0.717) is 59.0 Å². The predicted molar refractivity (Wildman–Crippen MR) is 273 cm³/mol. The maximum atomic E-state index is 13.6. The van der Waals surface area contributed by atoms with Gasteiger partial charge in [-0.15, -0.1) is 0 Å². The second-order valence-electron chi connectivity index (χ2n) is 19.9. The summed E-state index contributed by atoms with van der Waals surface area (Å²) < 4.78 is 35.5. The Morgan fingerprint density at radius 1 is 0.500 bits per heavy atom. The molecule has 398 valence electrons. The van der Waals surface area contributed by atoms with Crippen LogP contribution < -0.4 is 0 Å². The molecule has 12 heteroatoms. The zero-order valence-corrected chi connectivity index (χ0v) is 44.4. The first-order valence-electron chi connectivity index (χ1n) is 28.7. The van der Waals surface area contributed by atoms with Crippen LogP contribution in [0.4, 0.5) is 0 Å². The third-order valence-electron chi connectivity index (χ3n) is 13.8. The molecule has 3 unspecified atom stereocenters. The minimum absolute atomic E-state index is 0.0157. The number of esters is 3. The molecule has 2 aliphatic heterocycles. The molecule has 2 fully saturated rings. The molecular formula is C56H104N2O10. The topological polar surface area (TPSA) is 130 Å². The van der Waals surface area contributed by atoms with Crippen LogP contribution in [0.2, 0.25) is 0 Å². The smallest absolute Gasteiger partial charge is 0.329 e. The quantitative estimate of drug-likeness (QED) is 0.0250. The lowest BCUT2D eigenvalue weighted by Crippen LogP contribution is -2.42. The Balaban J connectivity index is 1.79. The normalized spacial score (nSPS) is 16.8. The Morgan fingerprint density at radius 2 is 1.00 bits per heavy atom. The first-order valence-corrected chi connectivity index (χ1v) is 28.7. The summed E-state index contributed by atoms with van der Waals surface area (Å²) in [7, 11) is 0. The number of hydrogen-bond donors (Lipinski definition) is 0. The van der Waals surface area contributed by atoms with Crippen molar-refractivity contribution in [1.29, 1.82) is 0 Å². The van der Waals surface area contributed by atoms with Gasteiger partial charge in [-0.25, -0.2) is 4.79 Å². The van der Waals surface area contributed by atoms with Crippen molar-refractivity contribution in [3.63, 3.8) is 0 Å². The number of rotatable bonds is 47. The third kappa shape index (κ3) is 31.8. The van der Waals surface area contributed by atoms with Gasteiger partial charge in [0.15, 0.2) is 6.29 Å². The summed E-state index contributed by atoms with van der Waals surface area (Å²) in [5.74, 6) is -1.04. The first kappa shape index (κ1) is 61.8. The second kappa shape index (κ2) is 43.5. The molecule has 0 aromatic heterocycles. The van der Waals surface area contributed by atoms with Gasteiger partial charge in [0.25, 0.3) is 0 Å². The van der Waals surface area contributed by atoms with Crippen LogP contribution in [0.5, 0.6) is 0 Å².